The molecule has 5 rings (SSSR count). The van der Waals surface area contributed by atoms with Crippen LogP contribution in [-0.2, 0) is 5.92 Å². The second-order valence-corrected chi connectivity index (χ2v) is 7.92. The van der Waals surface area contributed by atoms with Crippen molar-refractivity contribution in [3.05, 3.63) is 35.0 Å². The number of aliphatic imine (C=N–C) groups is 1. The Morgan fingerprint density at radius 3 is 2.68 bits per heavy atom. The predicted octanol–water partition coefficient (Wildman–Crippen LogP) is 2.75. The van der Waals surface area contributed by atoms with Crippen molar-refractivity contribution in [3.8, 4) is 0 Å². The first kappa shape index (κ1) is 19.1. The lowest BCUT2D eigenvalue weighted by Crippen LogP contribution is -2.53. The van der Waals surface area contributed by atoms with Gasteiger partial charge in [-0.25, -0.2) is 13.8 Å². The van der Waals surface area contributed by atoms with Crippen molar-refractivity contribution < 1.29 is 8.78 Å². The Hall–Kier alpha value is -2.19. The minimum atomic E-state index is -3.11. The fraction of sp³-hybridized carbons (Fsp3) is 0.550. The zero-order valence-corrected chi connectivity index (χ0v) is 16.0. The third-order valence-corrected chi connectivity index (χ3v) is 5.91. The highest BCUT2D eigenvalue weighted by atomic mass is 19.3. The van der Waals surface area contributed by atoms with Crippen LogP contribution in [0.2, 0.25) is 0 Å². The van der Waals surface area contributed by atoms with Crippen molar-refractivity contribution in [2.24, 2.45) is 16.6 Å². The molecule has 2 bridgehead atoms. The van der Waals surface area contributed by atoms with E-state index in [1.165, 1.54) is 6.07 Å². The van der Waals surface area contributed by atoms with E-state index >= 15 is 0 Å². The summed E-state index contributed by atoms with van der Waals surface area (Å²) in [5.41, 5.74) is 6.01. The highest BCUT2D eigenvalue weighted by Crippen LogP contribution is 2.33. The highest BCUT2D eigenvalue weighted by molar-refractivity contribution is 6.11. The normalized spacial score (nSPS) is 29.5. The number of anilines is 1. The Kier molecular flexibility index (Phi) is 5.01. The number of fused-ring (bicyclic) bond motifs is 3. The van der Waals surface area contributed by atoms with Crippen molar-refractivity contribution in [3.63, 3.8) is 0 Å². The molecule has 0 aromatic carbocycles. The second kappa shape index (κ2) is 7.33. The number of piperidine rings is 3. The molecule has 0 amide bonds. The van der Waals surface area contributed by atoms with Crippen LogP contribution in [0, 0.1) is 11.3 Å². The maximum atomic E-state index is 14.2. The van der Waals surface area contributed by atoms with Gasteiger partial charge in [-0.05, 0) is 44.0 Å². The first-order valence-corrected chi connectivity index (χ1v) is 9.77. The molecule has 6 nitrogen and oxygen atoms in total. The van der Waals surface area contributed by atoms with Crippen LogP contribution in [0.1, 0.15) is 37.4 Å². The van der Waals surface area contributed by atoms with Gasteiger partial charge in [-0.1, -0.05) is 6.08 Å². The van der Waals surface area contributed by atoms with Crippen LogP contribution in [-0.4, -0.2) is 53.7 Å². The van der Waals surface area contributed by atoms with E-state index < -0.39 is 12.1 Å². The number of rotatable bonds is 5. The fourth-order valence-electron chi connectivity index (χ4n) is 4.34. The number of alkyl halides is 2. The molecule has 8 heteroatoms. The van der Waals surface area contributed by atoms with Gasteiger partial charge in [0.05, 0.1) is 11.4 Å². The molecule has 4 N–H and O–H groups in total. The van der Waals surface area contributed by atoms with E-state index in [0.29, 0.717) is 23.7 Å². The lowest BCUT2D eigenvalue weighted by atomic mass is 9.84. The quantitative estimate of drug-likeness (QED) is 0.677. The Labute approximate surface area is 163 Å². The van der Waals surface area contributed by atoms with Gasteiger partial charge < -0.3 is 16.0 Å². The number of nitrogens with two attached hydrogens (primary N) is 1. The molecule has 0 saturated carbocycles. The van der Waals surface area contributed by atoms with Crippen molar-refractivity contribution in [2.45, 2.75) is 44.3 Å². The second-order valence-electron chi connectivity index (χ2n) is 7.92. The molecule has 0 radical (unpaired) electrons. The molecule has 1 aromatic rings. The van der Waals surface area contributed by atoms with Crippen molar-refractivity contribution in [1.82, 2.24) is 9.88 Å². The standard InChI is InChI=1S/C20H26F2N6/c1-20(21,22)14-4-5-16(26-15-11-28-9-6-12(15)7-10-28)27-18(14)17(23)13-3-2-8-25-19(13)24/h3-5,8,12,15,19,23H,2,6-7,9-11,24H2,1H3,(H,26,27). The summed E-state index contributed by atoms with van der Waals surface area (Å²) < 4.78 is 28.4. The van der Waals surface area contributed by atoms with E-state index in [-0.39, 0.29) is 23.0 Å². The van der Waals surface area contributed by atoms with E-state index in [2.05, 4.69) is 20.2 Å². The van der Waals surface area contributed by atoms with Gasteiger partial charge in [0.15, 0.2) is 0 Å². The molecule has 3 saturated heterocycles. The van der Waals surface area contributed by atoms with Crippen LogP contribution in [0.25, 0.3) is 0 Å². The van der Waals surface area contributed by atoms with Crippen molar-refractivity contribution in [2.75, 3.05) is 25.0 Å². The highest BCUT2D eigenvalue weighted by Gasteiger charge is 2.35. The number of dihydropyridines is 1. The van der Waals surface area contributed by atoms with Gasteiger partial charge in [0.25, 0.3) is 5.92 Å². The number of hydrogen-bond donors (Lipinski definition) is 3. The number of aromatic nitrogens is 1. The number of pyridine rings is 1. The van der Waals surface area contributed by atoms with Crippen LogP contribution in [0.5, 0.6) is 0 Å². The van der Waals surface area contributed by atoms with Gasteiger partial charge >= 0.3 is 0 Å². The van der Waals surface area contributed by atoms with Crippen LogP contribution in [0.3, 0.4) is 0 Å². The van der Waals surface area contributed by atoms with Crippen LogP contribution in [0.4, 0.5) is 14.6 Å². The average Bonchev–Trinajstić information content (AvgIpc) is 2.68. The molecule has 2 unspecified atom stereocenters. The van der Waals surface area contributed by atoms with Crippen LogP contribution >= 0.6 is 0 Å². The minimum Gasteiger partial charge on any atom is -0.366 e. The van der Waals surface area contributed by atoms with Crippen molar-refractivity contribution >= 4 is 17.7 Å². The zero-order chi connectivity index (χ0) is 19.9. The number of nitrogens with zero attached hydrogens (tertiary/aromatic N) is 3. The maximum absolute atomic E-state index is 14.2. The molecule has 2 atom stereocenters. The van der Waals surface area contributed by atoms with Gasteiger partial charge in [-0.3, -0.25) is 10.4 Å². The van der Waals surface area contributed by atoms with Gasteiger partial charge in [0.1, 0.15) is 12.0 Å². The summed E-state index contributed by atoms with van der Waals surface area (Å²) in [6, 6.07) is 3.22. The molecular weight excluding hydrogens is 362 g/mol. The topological polar surface area (TPSA) is 90.4 Å². The molecule has 28 heavy (non-hydrogen) atoms. The van der Waals surface area contributed by atoms with E-state index in [4.69, 9.17) is 11.1 Å². The molecule has 3 fully saturated rings. The molecule has 150 valence electrons. The predicted molar refractivity (Wildman–Crippen MR) is 106 cm³/mol. The third kappa shape index (κ3) is 3.71. The smallest absolute Gasteiger partial charge is 0.272 e. The van der Waals surface area contributed by atoms with Crippen LogP contribution < -0.4 is 11.1 Å². The van der Waals surface area contributed by atoms with E-state index in [1.807, 2.05) is 0 Å². The summed E-state index contributed by atoms with van der Waals surface area (Å²) in [7, 11) is 0. The Bertz CT molecular complexity index is 820. The molecule has 4 aliphatic heterocycles. The van der Waals surface area contributed by atoms with Crippen LogP contribution in [0.15, 0.2) is 28.8 Å². The SMILES string of the molecule is CC(F)(F)c1ccc(NC2CN3CCC2CC3)nc1C(=N)C1=CCC=NC1N. The van der Waals surface area contributed by atoms with Gasteiger partial charge in [-0.2, -0.15) is 0 Å². The number of hydrogen-bond acceptors (Lipinski definition) is 6. The molecule has 5 heterocycles. The summed E-state index contributed by atoms with van der Waals surface area (Å²) in [4.78, 5) is 11.0. The van der Waals surface area contributed by atoms with Crippen molar-refractivity contribution in [1.29, 1.82) is 5.41 Å². The van der Waals surface area contributed by atoms with Gasteiger partial charge in [-0.15, -0.1) is 0 Å². The first-order valence-electron chi connectivity index (χ1n) is 9.77. The number of allylic oxidation sites excluding steroid dienone is 1. The summed E-state index contributed by atoms with van der Waals surface area (Å²) in [5.74, 6) is -2.00. The third-order valence-electron chi connectivity index (χ3n) is 5.91. The Morgan fingerprint density at radius 1 is 1.32 bits per heavy atom. The first-order chi connectivity index (χ1) is 13.3. The summed E-state index contributed by atoms with van der Waals surface area (Å²) >= 11 is 0. The zero-order valence-electron chi connectivity index (χ0n) is 16.0. The van der Waals surface area contributed by atoms with E-state index in [9.17, 15) is 8.78 Å². The Morgan fingerprint density at radius 2 is 2.07 bits per heavy atom. The molecular formula is C20H26F2N6. The molecule has 4 aliphatic rings. The maximum Gasteiger partial charge on any atom is 0.272 e. The minimum absolute atomic E-state index is 0.0300. The number of nitrogens with one attached hydrogen (secondary N) is 2. The number of halogens is 2. The largest absolute Gasteiger partial charge is 0.366 e. The summed E-state index contributed by atoms with van der Waals surface area (Å²) in [6.07, 6.45) is 5.51. The van der Waals surface area contributed by atoms with Gasteiger partial charge in [0.2, 0.25) is 0 Å². The van der Waals surface area contributed by atoms with Gasteiger partial charge in [0, 0.05) is 43.3 Å². The Balaban J connectivity index is 1.64. The lowest BCUT2D eigenvalue weighted by Gasteiger charge is -2.45. The lowest BCUT2D eigenvalue weighted by molar-refractivity contribution is 0.0169. The monoisotopic (exact) mass is 388 g/mol. The molecule has 1 aromatic heterocycles. The molecule has 0 aliphatic carbocycles. The van der Waals surface area contributed by atoms with E-state index in [0.717, 1.165) is 39.4 Å². The van der Waals surface area contributed by atoms with E-state index in [1.54, 1.807) is 18.4 Å². The average molecular weight is 388 g/mol. The summed E-state index contributed by atoms with van der Waals surface area (Å²) in [6.45, 7) is 4.02. The molecule has 0 spiro atoms. The summed E-state index contributed by atoms with van der Waals surface area (Å²) in [5, 5.41) is 11.9. The fourth-order valence-corrected chi connectivity index (χ4v) is 4.34.